The Balaban J connectivity index is 1.80. The normalized spacial score (nSPS) is 11.4. The van der Waals surface area contributed by atoms with Crippen molar-refractivity contribution in [3.05, 3.63) is 60.1 Å². The molecular weight excluding hydrogens is 274 g/mol. The van der Waals surface area contributed by atoms with E-state index >= 15 is 0 Å². The van der Waals surface area contributed by atoms with E-state index in [9.17, 15) is 4.79 Å². The smallest absolute Gasteiger partial charge is 0.305 e. The van der Waals surface area contributed by atoms with Crippen LogP contribution in [0, 0.1) is 0 Å². The van der Waals surface area contributed by atoms with Gasteiger partial charge in [0.05, 0.1) is 12.3 Å². The van der Waals surface area contributed by atoms with E-state index in [1.165, 1.54) is 6.26 Å². The van der Waals surface area contributed by atoms with Gasteiger partial charge < -0.3 is 9.73 Å². The quantitative estimate of drug-likeness (QED) is 0.597. The molecule has 2 rings (SSSR count). The summed E-state index contributed by atoms with van der Waals surface area (Å²) in [6.45, 7) is 1.98. The molecule has 20 heavy (non-hydrogen) atoms. The third-order valence-corrected chi connectivity index (χ3v) is 2.90. The first-order valence-electron chi connectivity index (χ1n) is 6.12. The standard InChI is InChI=1S/C14H15N3O2S/c1-10(11-6-3-2-4-7-11)15-14(20)17-16-13(18)12-8-5-9-19-12/h2-10H,1H3,(H,16,18)(H2,15,17,20). The summed E-state index contributed by atoms with van der Waals surface area (Å²) < 4.78 is 4.96. The molecule has 5 nitrogen and oxygen atoms in total. The minimum absolute atomic E-state index is 0.0386. The Morgan fingerprint density at radius 1 is 1.15 bits per heavy atom. The number of carbonyl (C=O) groups excluding carboxylic acids is 1. The molecular formula is C14H15N3O2S. The number of carbonyl (C=O) groups is 1. The van der Waals surface area contributed by atoms with E-state index in [1.807, 2.05) is 37.3 Å². The molecule has 1 atom stereocenters. The maximum absolute atomic E-state index is 11.6. The summed E-state index contributed by atoms with van der Waals surface area (Å²) in [5.74, 6) is -0.164. The average Bonchev–Trinajstić information content (AvgIpc) is 3.00. The zero-order chi connectivity index (χ0) is 14.4. The highest BCUT2D eigenvalue weighted by Crippen LogP contribution is 2.10. The van der Waals surface area contributed by atoms with Crippen molar-refractivity contribution in [3.8, 4) is 0 Å². The highest BCUT2D eigenvalue weighted by molar-refractivity contribution is 7.80. The lowest BCUT2D eigenvalue weighted by Gasteiger charge is -2.17. The van der Waals surface area contributed by atoms with Crippen molar-refractivity contribution >= 4 is 23.2 Å². The predicted octanol–water partition coefficient (Wildman–Crippen LogP) is 2.15. The van der Waals surface area contributed by atoms with Gasteiger partial charge in [0.15, 0.2) is 10.9 Å². The van der Waals surface area contributed by atoms with Crippen LogP contribution < -0.4 is 16.2 Å². The Labute approximate surface area is 122 Å². The Morgan fingerprint density at radius 3 is 2.55 bits per heavy atom. The molecule has 1 aromatic heterocycles. The fourth-order valence-electron chi connectivity index (χ4n) is 1.64. The second-order valence-corrected chi connectivity index (χ2v) is 4.57. The number of thiocarbonyl (C=S) groups is 1. The molecule has 1 aromatic carbocycles. The van der Waals surface area contributed by atoms with Crippen LogP contribution in [0.5, 0.6) is 0 Å². The van der Waals surface area contributed by atoms with Gasteiger partial charge in [0.1, 0.15) is 0 Å². The number of hydrogen-bond acceptors (Lipinski definition) is 3. The number of rotatable bonds is 3. The molecule has 0 saturated heterocycles. The zero-order valence-electron chi connectivity index (χ0n) is 10.9. The average molecular weight is 289 g/mol. The number of benzene rings is 1. The molecule has 0 aliphatic carbocycles. The summed E-state index contributed by atoms with van der Waals surface area (Å²) in [6.07, 6.45) is 1.43. The Kier molecular flexibility index (Phi) is 4.73. The van der Waals surface area contributed by atoms with E-state index in [-0.39, 0.29) is 17.7 Å². The Bertz CT molecular complexity index is 569. The Hall–Kier alpha value is -2.34. The van der Waals surface area contributed by atoms with Crippen LogP contribution in [0.3, 0.4) is 0 Å². The van der Waals surface area contributed by atoms with Crippen molar-refractivity contribution in [2.75, 3.05) is 0 Å². The van der Waals surface area contributed by atoms with Crippen LogP contribution in [0.15, 0.2) is 53.1 Å². The molecule has 104 valence electrons. The predicted molar refractivity (Wildman–Crippen MR) is 79.9 cm³/mol. The van der Waals surface area contributed by atoms with Gasteiger partial charge in [-0.15, -0.1) is 0 Å². The minimum Gasteiger partial charge on any atom is -0.459 e. The van der Waals surface area contributed by atoms with Gasteiger partial charge in [0.25, 0.3) is 0 Å². The van der Waals surface area contributed by atoms with Gasteiger partial charge in [0.2, 0.25) is 0 Å². The molecule has 0 spiro atoms. The number of hydrogen-bond donors (Lipinski definition) is 3. The highest BCUT2D eigenvalue weighted by atomic mass is 32.1. The fraction of sp³-hybridized carbons (Fsp3) is 0.143. The molecule has 2 aromatic rings. The molecule has 1 amide bonds. The number of furan rings is 1. The second kappa shape index (κ2) is 6.72. The first-order valence-corrected chi connectivity index (χ1v) is 6.53. The molecule has 0 aliphatic heterocycles. The van der Waals surface area contributed by atoms with Gasteiger partial charge in [0, 0.05) is 0 Å². The van der Waals surface area contributed by atoms with Gasteiger partial charge in [-0.2, -0.15) is 0 Å². The summed E-state index contributed by atoms with van der Waals surface area (Å²) in [6, 6.07) is 13.1. The first-order chi connectivity index (χ1) is 9.66. The van der Waals surface area contributed by atoms with Gasteiger partial charge in [-0.25, -0.2) is 0 Å². The van der Waals surface area contributed by atoms with E-state index in [4.69, 9.17) is 16.6 Å². The van der Waals surface area contributed by atoms with E-state index < -0.39 is 0 Å². The SMILES string of the molecule is CC(NC(=S)NNC(=O)c1ccco1)c1ccccc1. The summed E-state index contributed by atoms with van der Waals surface area (Å²) >= 11 is 5.11. The van der Waals surface area contributed by atoms with Crippen LogP contribution >= 0.6 is 12.2 Å². The van der Waals surface area contributed by atoms with Crippen LogP contribution in [-0.2, 0) is 0 Å². The molecule has 0 fully saturated rings. The second-order valence-electron chi connectivity index (χ2n) is 4.16. The Morgan fingerprint density at radius 2 is 1.90 bits per heavy atom. The van der Waals surface area contributed by atoms with Crippen LogP contribution in [0.2, 0.25) is 0 Å². The summed E-state index contributed by atoms with van der Waals surface area (Å²) in [5.41, 5.74) is 6.19. The third-order valence-electron chi connectivity index (χ3n) is 2.68. The van der Waals surface area contributed by atoms with Crippen LogP contribution in [-0.4, -0.2) is 11.0 Å². The van der Waals surface area contributed by atoms with Gasteiger partial charge in [-0.05, 0) is 36.8 Å². The minimum atomic E-state index is -0.383. The lowest BCUT2D eigenvalue weighted by atomic mass is 10.1. The molecule has 1 unspecified atom stereocenters. The van der Waals surface area contributed by atoms with Crippen molar-refractivity contribution in [1.82, 2.24) is 16.2 Å². The van der Waals surface area contributed by atoms with Gasteiger partial charge in [-0.3, -0.25) is 15.6 Å². The molecule has 0 radical (unpaired) electrons. The lowest BCUT2D eigenvalue weighted by Crippen LogP contribution is -2.47. The molecule has 1 heterocycles. The van der Waals surface area contributed by atoms with Crippen molar-refractivity contribution in [1.29, 1.82) is 0 Å². The molecule has 6 heteroatoms. The van der Waals surface area contributed by atoms with Crippen LogP contribution in [0.25, 0.3) is 0 Å². The highest BCUT2D eigenvalue weighted by Gasteiger charge is 2.09. The first kappa shape index (κ1) is 14.1. The van der Waals surface area contributed by atoms with E-state index in [0.29, 0.717) is 5.11 Å². The molecule has 3 N–H and O–H groups in total. The summed E-state index contributed by atoms with van der Waals surface area (Å²) in [5, 5.41) is 3.41. The zero-order valence-corrected chi connectivity index (χ0v) is 11.7. The largest absolute Gasteiger partial charge is 0.459 e. The maximum atomic E-state index is 11.6. The third kappa shape index (κ3) is 3.83. The topological polar surface area (TPSA) is 66.3 Å². The van der Waals surface area contributed by atoms with E-state index in [2.05, 4.69) is 16.2 Å². The van der Waals surface area contributed by atoms with E-state index in [1.54, 1.807) is 12.1 Å². The number of amides is 1. The molecule has 0 aliphatic rings. The van der Waals surface area contributed by atoms with Crippen molar-refractivity contribution in [2.45, 2.75) is 13.0 Å². The number of nitrogens with one attached hydrogen (secondary N) is 3. The van der Waals surface area contributed by atoms with Crippen molar-refractivity contribution in [3.63, 3.8) is 0 Å². The fourth-order valence-corrected chi connectivity index (χ4v) is 1.87. The summed E-state index contributed by atoms with van der Waals surface area (Å²) in [4.78, 5) is 11.6. The van der Waals surface area contributed by atoms with Gasteiger partial charge in [-0.1, -0.05) is 30.3 Å². The van der Waals surface area contributed by atoms with E-state index in [0.717, 1.165) is 5.56 Å². The van der Waals surface area contributed by atoms with Crippen LogP contribution in [0.4, 0.5) is 0 Å². The van der Waals surface area contributed by atoms with Crippen molar-refractivity contribution in [2.24, 2.45) is 0 Å². The van der Waals surface area contributed by atoms with Crippen molar-refractivity contribution < 1.29 is 9.21 Å². The molecule has 0 saturated carbocycles. The number of hydrazine groups is 1. The monoisotopic (exact) mass is 289 g/mol. The van der Waals surface area contributed by atoms with Crippen LogP contribution in [0.1, 0.15) is 29.1 Å². The maximum Gasteiger partial charge on any atom is 0.305 e. The summed E-state index contributed by atoms with van der Waals surface area (Å²) in [7, 11) is 0. The van der Waals surface area contributed by atoms with Gasteiger partial charge >= 0.3 is 5.91 Å². The lowest BCUT2D eigenvalue weighted by molar-refractivity contribution is 0.0915. The molecule has 0 bridgehead atoms.